The second-order valence-corrected chi connectivity index (χ2v) is 5.64. The molecule has 2 heterocycles. The summed E-state index contributed by atoms with van der Waals surface area (Å²) in [6, 6.07) is 9.81. The summed E-state index contributed by atoms with van der Waals surface area (Å²) in [5.74, 6) is 2.36. The molecule has 3 aromatic rings. The van der Waals surface area contributed by atoms with Crippen LogP contribution in [0.2, 0.25) is 0 Å². The molecule has 0 aliphatic heterocycles. The van der Waals surface area contributed by atoms with Gasteiger partial charge >= 0.3 is 0 Å². The topological polar surface area (TPSA) is 57.1 Å². The summed E-state index contributed by atoms with van der Waals surface area (Å²) in [7, 11) is 1.62. The van der Waals surface area contributed by atoms with Gasteiger partial charge in [0.15, 0.2) is 0 Å². The van der Waals surface area contributed by atoms with Gasteiger partial charge in [0.1, 0.15) is 17.8 Å². The molecule has 0 unspecified atom stereocenters. The van der Waals surface area contributed by atoms with E-state index in [1.54, 1.807) is 31.8 Å². The van der Waals surface area contributed by atoms with Gasteiger partial charge in [0, 0.05) is 24.2 Å². The average molecular weight is 321 g/mol. The Kier molecular flexibility index (Phi) is 4.70. The van der Waals surface area contributed by atoms with Gasteiger partial charge in [0.2, 0.25) is 5.88 Å². The lowest BCUT2D eigenvalue weighted by molar-refractivity contribution is 0.415. The van der Waals surface area contributed by atoms with Crippen molar-refractivity contribution in [3.63, 3.8) is 0 Å². The molecule has 122 valence electrons. The standard InChI is InChI=1S/C19H19N3O2/c1-13(2)14-4-6-15(7-5-14)24-19-17(11-21-12-22-19)16-10-20-9-8-18(16)23-3/h4-13H,1-3H3. The second kappa shape index (κ2) is 7.08. The van der Waals surface area contributed by atoms with Crippen LogP contribution in [0.25, 0.3) is 11.1 Å². The van der Waals surface area contributed by atoms with Crippen LogP contribution in [0.4, 0.5) is 0 Å². The monoisotopic (exact) mass is 321 g/mol. The van der Waals surface area contributed by atoms with Crippen molar-refractivity contribution < 1.29 is 9.47 Å². The first-order valence-electron chi connectivity index (χ1n) is 7.75. The first kappa shape index (κ1) is 15.9. The second-order valence-electron chi connectivity index (χ2n) is 5.64. The molecule has 24 heavy (non-hydrogen) atoms. The van der Waals surface area contributed by atoms with Crippen molar-refractivity contribution in [2.45, 2.75) is 19.8 Å². The van der Waals surface area contributed by atoms with Crippen LogP contribution in [-0.2, 0) is 0 Å². The summed E-state index contributed by atoms with van der Waals surface area (Å²) in [6.45, 7) is 4.32. The van der Waals surface area contributed by atoms with E-state index < -0.39 is 0 Å². The SMILES string of the molecule is COc1ccncc1-c1cncnc1Oc1ccc(C(C)C)cc1. The van der Waals surface area contributed by atoms with E-state index in [1.165, 1.54) is 11.9 Å². The van der Waals surface area contributed by atoms with E-state index in [1.807, 2.05) is 12.1 Å². The number of pyridine rings is 1. The Morgan fingerprint density at radius 3 is 2.38 bits per heavy atom. The highest BCUT2D eigenvalue weighted by molar-refractivity contribution is 5.73. The predicted molar refractivity (Wildman–Crippen MR) is 92.4 cm³/mol. The van der Waals surface area contributed by atoms with Crippen LogP contribution in [0, 0.1) is 0 Å². The predicted octanol–water partition coefficient (Wildman–Crippen LogP) is 4.46. The third-order valence-electron chi connectivity index (χ3n) is 3.73. The van der Waals surface area contributed by atoms with Gasteiger partial charge in [0.25, 0.3) is 0 Å². The molecule has 0 aliphatic rings. The number of ether oxygens (including phenoxy) is 2. The largest absolute Gasteiger partial charge is 0.496 e. The van der Waals surface area contributed by atoms with Gasteiger partial charge < -0.3 is 9.47 Å². The number of aromatic nitrogens is 3. The number of benzene rings is 1. The molecule has 0 radical (unpaired) electrons. The molecular weight excluding hydrogens is 302 g/mol. The van der Waals surface area contributed by atoms with Crippen LogP contribution in [0.5, 0.6) is 17.4 Å². The maximum atomic E-state index is 5.96. The fraction of sp³-hybridized carbons (Fsp3) is 0.211. The smallest absolute Gasteiger partial charge is 0.230 e. The van der Waals surface area contributed by atoms with E-state index >= 15 is 0 Å². The van der Waals surface area contributed by atoms with Crippen molar-refractivity contribution in [1.82, 2.24) is 15.0 Å². The zero-order chi connectivity index (χ0) is 16.9. The number of nitrogens with zero attached hydrogens (tertiary/aromatic N) is 3. The highest BCUT2D eigenvalue weighted by atomic mass is 16.5. The summed E-state index contributed by atoms with van der Waals surface area (Å²) in [4.78, 5) is 12.5. The van der Waals surface area contributed by atoms with E-state index in [0.717, 1.165) is 16.9 Å². The van der Waals surface area contributed by atoms with Crippen LogP contribution >= 0.6 is 0 Å². The third kappa shape index (κ3) is 3.35. The minimum atomic E-state index is 0.466. The molecule has 3 rings (SSSR count). The molecule has 1 aromatic carbocycles. The quantitative estimate of drug-likeness (QED) is 0.694. The summed E-state index contributed by atoms with van der Waals surface area (Å²) in [6.07, 6.45) is 6.55. The highest BCUT2D eigenvalue weighted by Gasteiger charge is 2.14. The lowest BCUT2D eigenvalue weighted by Gasteiger charge is -2.12. The maximum absolute atomic E-state index is 5.96. The zero-order valence-electron chi connectivity index (χ0n) is 13.9. The Hall–Kier alpha value is -2.95. The van der Waals surface area contributed by atoms with Gasteiger partial charge in [-0.1, -0.05) is 26.0 Å². The fourth-order valence-corrected chi connectivity index (χ4v) is 2.38. The van der Waals surface area contributed by atoms with Crippen LogP contribution in [-0.4, -0.2) is 22.1 Å². The van der Waals surface area contributed by atoms with Crippen molar-refractivity contribution in [2.24, 2.45) is 0 Å². The Labute approximate surface area is 141 Å². The van der Waals surface area contributed by atoms with Gasteiger partial charge in [-0.05, 0) is 29.7 Å². The van der Waals surface area contributed by atoms with Crippen LogP contribution in [0.15, 0.2) is 55.2 Å². The van der Waals surface area contributed by atoms with Crippen molar-refractivity contribution >= 4 is 0 Å². The molecular formula is C19H19N3O2. The molecule has 0 N–H and O–H groups in total. The molecule has 0 bridgehead atoms. The van der Waals surface area contributed by atoms with Crippen LogP contribution in [0.3, 0.4) is 0 Å². The van der Waals surface area contributed by atoms with Gasteiger partial charge in [-0.15, -0.1) is 0 Å². The van der Waals surface area contributed by atoms with Crippen molar-refractivity contribution in [3.8, 4) is 28.5 Å². The lowest BCUT2D eigenvalue weighted by Crippen LogP contribution is -1.96. The van der Waals surface area contributed by atoms with Crippen molar-refractivity contribution in [1.29, 1.82) is 0 Å². The molecule has 5 nitrogen and oxygen atoms in total. The number of methoxy groups -OCH3 is 1. The lowest BCUT2D eigenvalue weighted by atomic mass is 10.0. The Morgan fingerprint density at radius 2 is 1.67 bits per heavy atom. The Morgan fingerprint density at radius 1 is 0.917 bits per heavy atom. The normalized spacial score (nSPS) is 10.7. The van der Waals surface area contributed by atoms with E-state index in [-0.39, 0.29) is 0 Å². The summed E-state index contributed by atoms with van der Waals surface area (Å²) in [5, 5.41) is 0. The minimum Gasteiger partial charge on any atom is -0.496 e. The van der Waals surface area contributed by atoms with E-state index in [4.69, 9.17) is 9.47 Å². The molecule has 0 aliphatic carbocycles. The summed E-state index contributed by atoms with van der Waals surface area (Å²) < 4.78 is 11.4. The average Bonchev–Trinajstić information content (AvgIpc) is 2.62. The number of hydrogen-bond acceptors (Lipinski definition) is 5. The summed E-state index contributed by atoms with van der Waals surface area (Å²) >= 11 is 0. The molecule has 0 atom stereocenters. The molecule has 2 aromatic heterocycles. The third-order valence-corrected chi connectivity index (χ3v) is 3.73. The van der Waals surface area contributed by atoms with Gasteiger partial charge in [-0.25, -0.2) is 9.97 Å². The Bertz CT molecular complexity index is 817. The molecule has 0 saturated heterocycles. The van der Waals surface area contributed by atoms with E-state index in [0.29, 0.717) is 17.5 Å². The maximum Gasteiger partial charge on any atom is 0.230 e. The first-order chi connectivity index (χ1) is 11.7. The molecule has 0 amide bonds. The van der Waals surface area contributed by atoms with E-state index in [2.05, 4.69) is 40.9 Å². The van der Waals surface area contributed by atoms with Crippen molar-refractivity contribution in [2.75, 3.05) is 7.11 Å². The van der Waals surface area contributed by atoms with Gasteiger partial charge in [0.05, 0.1) is 12.7 Å². The van der Waals surface area contributed by atoms with Crippen LogP contribution in [0.1, 0.15) is 25.3 Å². The van der Waals surface area contributed by atoms with Crippen LogP contribution < -0.4 is 9.47 Å². The number of rotatable bonds is 5. The van der Waals surface area contributed by atoms with Gasteiger partial charge in [-0.3, -0.25) is 4.98 Å². The Balaban J connectivity index is 1.95. The molecule has 0 saturated carbocycles. The summed E-state index contributed by atoms with van der Waals surface area (Å²) in [5.41, 5.74) is 2.78. The molecule has 0 spiro atoms. The first-order valence-corrected chi connectivity index (χ1v) is 7.75. The minimum absolute atomic E-state index is 0.466. The van der Waals surface area contributed by atoms with Crippen molar-refractivity contribution in [3.05, 3.63) is 60.8 Å². The number of hydrogen-bond donors (Lipinski definition) is 0. The fourth-order valence-electron chi connectivity index (χ4n) is 2.38. The van der Waals surface area contributed by atoms with Gasteiger partial charge in [-0.2, -0.15) is 0 Å². The van der Waals surface area contributed by atoms with E-state index in [9.17, 15) is 0 Å². The molecule has 0 fully saturated rings. The molecule has 5 heteroatoms. The highest BCUT2D eigenvalue weighted by Crippen LogP contribution is 2.35. The zero-order valence-corrected chi connectivity index (χ0v) is 13.9.